The largest absolute Gasteiger partial charge is 0.480 e. The summed E-state index contributed by atoms with van der Waals surface area (Å²) >= 11 is 0. The minimum atomic E-state index is -1.52. The molecule has 8 N–H and O–H groups in total. The summed E-state index contributed by atoms with van der Waals surface area (Å²) in [4.78, 5) is 61.0. The first kappa shape index (κ1) is 25.3. The van der Waals surface area contributed by atoms with Crippen LogP contribution in [0, 0.1) is 5.92 Å². The maximum Gasteiger partial charge on any atom is 0.326 e. The van der Waals surface area contributed by atoms with Crippen molar-refractivity contribution in [2.24, 2.45) is 17.4 Å². The molecule has 1 saturated heterocycles. The Labute approximate surface area is 174 Å². The molecule has 0 aliphatic carbocycles. The van der Waals surface area contributed by atoms with Crippen LogP contribution in [0.1, 0.15) is 39.5 Å². The van der Waals surface area contributed by atoms with Crippen LogP contribution in [0.25, 0.3) is 0 Å². The van der Waals surface area contributed by atoms with Gasteiger partial charge in [-0.1, -0.05) is 20.3 Å². The molecular weight excluding hydrogens is 398 g/mol. The van der Waals surface area contributed by atoms with E-state index >= 15 is 0 Å². The lowest BCUT2D eigenvalue weighted by Crippen LogP contribution is -2.58. The molecule has 5 atom stereocenters. The second kappa shape index (κ2) is 11.5. The third kappa shape index (κ3) is 6.66. The van der Waals surface area contributed by atoms with Gasteiger partial charge < -0.3 is 37.2 Å². The summed E-state index contributed by atoms with van der Waals surface area (Å²) in [5, 5.41) is 23.3. The van der Waals surface area contributed by atoms with E-state index in [2.05, 4.69) is 10.6 Å². The molecule has 1 fully saturated rings. The molecule has 170 valence electrons. The van der Waals surface area contributed by atoms with Crippen LogP contribution in [0.3, 0.4) is 0 Å². The van der Waals surface area contributed by atoms with Gasteiger partial charge in [-0.2, -0.15) is 0 Å². The van der Waals surface area contributed by atoms with Crippen LogP contribution in [-0.2, 0) is 24.0 Å². The van der Waals surface area contributed by atoms with Crippen molar-refractivity contribution >= 4 is 29.6 Å². The molecule has 0 aromatic carbocycles. The number of amides is 4. The quantitative estimate of drug-likeness (QED) is 0.203. The minimum absolute atomic E-state index is 0.136. The van der Waals surface area contributed by atoms with E-state index in [9.17, 15) is 29.1 Å². The number of aliphatic hydroxyl groups excluding tert-OH is 1. The Bertz CT molecular complexity index is 671. The molecule has 0 saturated carbocycles. The number of nitrogens with zero attached hydrogens (tertiary/aromatic N) is 1. The third-order valence-electron chi connectivity index (χ3n) is 5.22. The molecule has 1 aliphatic heterocycles. The third-order valence-corrected chi connectivity index (χ3v) is 5.22. The second-order valence-corrected chi connectivity index (χ2v) is 7.41. The molecular formula is C18H31N5O7. The van der Waals surface area contributed by atoms with E-state index < -0.39 is 66.8 Å². The Morgan fingerprint density at radius 2 is 1.80 bits per heavy atom. The molecule has 0 bridgehead atoms. The maximum atomic E-state index is 12.8. The standard InChI is InChI=1S/C18H31N5O7/c1-3-9(2)14(20)16(27)22-11(8-24)17(28)23-6-4-5-12(23)15(26)21-10(18(29)30)7-13(19)25/h9-12,14,24H,3-8,20H2,1-2H3,(H2,19,25)(H,21,26)(H,22,27)(H,29,30). The predicted octanol–water partition coefficient (Wildman–Crippen LogP) is -2.73. The highest BCUT2D eigenvalue weighted by molar-refractivity contribution is 5.95. The molecule has 1 heterocycles. The van der Waals surface area contributed by atoms with Gasteiger partial charge in [-0.3, -0.25) is 19.2 Å². The Balaban J connectivity index is 2.86. The number of likely N-dealkylation sites (tertiary alicyclic amines) is 1. The van der Waals surface area contributed by atoms with Crippen molar-refractivity contribution in [2.45, 2.75) is 63.7 Å². The number of aliphatic hydroxyl groups is 1. The van der Waals surface area contributed by atoms with Gasteiger partial charge in [0.15, 0.2) is 0 Å². The number of hydrogen-bond donors (Lipinski definition) is 6. The molecule has 0 aromatic heterocycles. The van der Waals surface area contributed by atoms with Crippen LogP contribution in [-0.4, -0.2) is 82.0 Å². The number of carbonyl (C=O) groups is 5. The number of carbonyl (C=O) groups excluding carboxylic acids is 4. The minimum Gasteiger partial charge on any atom is -0.480 e. The molecule has 30 heavy (non-hydrogen) atoms. The number of carboxylic acid groups (broad SMARTS) is 1. The number of nitrogens with one attached hydrogen (secondary N) is 2. The van der Waals surface area contributed by atoms with Crippen molar-refractivity contribution in [3.63, 3.8) is 0 Å². The Kier molecular flexibility index (Phi) is 9.66. The molecule has 1 aliphatic rings. The van der Waals surface area contributed by atoms with E-state index in [-0.39, 0.29) is 18.9 Å². The highest BCUT2D eigenvalue weighted by Gasteiger charge is 2.39. The number of nitrogens with two attached hydrogens (primary N) is 2. The molecule has 0 aromatic rings. The lowest BCUT2D eigenvalue weighted by Gasteiger charge is -2.29. The van der Waals surface area contributed by atoms with E-state index in [0.29, 0.717) is 12.8 Å². The summed E-state index contributed by atoms with van der Waals surface area (Å²) in [6.45, 7) is 3.14. The number of rotatable bonds is 11. The van der Waals surface area contributed by atoms with Crippen LogP contribution in [0.5, 0.6) is 0 Å². The van der Waals surface area contributed by atoms with Gasteiger partial charge >= 0.3 is 5.97 Å². The SMILES string of the molecule is CCC(C)C(N)C(=O)NC(CO)C(=O)N1CCCC1C(=O)NC(CC(N)=O)C(=O)O. The first-order chi connectivity index (χ1) is 14.0. The van der Waals surface area contributed by atoms with Gasteiger partial charge in [-0.15, -0.1) is 0 Å². The fourth-order valence-electron chi connectivity index (χ4n) is 3.14. The molecule has 5 unspecified atom stereocenters. The zero-order chi connectivity index (χ0) is 23.0. The Morgan fingerprint density at radius 3 is 2.30 bits per heavy atom. The predicted molar refractivity (Wildman–Crippen MR) is 105 cm³/mol. The zero-order valence-corrected chi connectivity index (χ0v) is 17.2. The average Bonchev–Trinajstić information content (AvgIpc) is 3.19. The lowest BCUT2D eigenvalue weighted by molar-refractivity contribution is -0.146. The van der Waals surface area contributed by atoms with Crippen LogP contribution in [0.4, 0.5) is 0 Å². The van der Waals surface area contributed by atoms with E-state index in [1.807, 2.05) is 6.92 Å². The smallest absolute Gasteiger partial charge is 0.326 e. The van der Waals surface area contributed by atoms with Gasteiger partial charge in [0.1, 0.15) is 18.1 Å². The summed E-state index contributed by atoms with van der Waals surface area (Å²) in [6.07, 6.45) is 0.788. The van der Waals surface area contributed by atoms with Crippen LogP contribution in [0.15, 0.2) is 0 Å². The topological polar surface area (TPSA) is 205 Å². The van der Waals surface area contributed by atoms with Crippen LogP contribution < -0.4 is 22.1 Å². The summed E-state index contributed by atoms with van der Waals surface area (Å²) in [5.74, 6) is -4.50. The van der Waals surface area contributed by atoms with E-state index in [1.54, 1.807) is 6.92 Å². The van der Waals surface area contributed by atoms with Crippen molar-refractivity contribution in [2.75, 3.05) is 13.2 Å². The highest BCUT2D eigenvalue weighted by atomic mass is 16.4. The summed E-state index contributed by atoms with van der Waals surface area (Å²) in [5.41, 5.74) is 10.8. The Hall–Kier alpha value is -2.73. The average molecular weight is 429 g/mol. The maximum absolute atomic E-state index is 12.8. The van der Waals surface area contributed by atoms with Crippen molar-refractivity contribution in [3.05, 3.63) is 0 Å². The van der Waals surface area contributed by atoms with E-state index in [4.69, 9.17) is 16.6 Å². The second-order valence-electron chi connectivity index (χ2n) is 7.41. The van der Waals surface area contributed by atoms with E-state index in [0.717, 1.165) is 0 Å². The Morgan fingerprint density at radius 1 is 1.17 bits per heavy atom. The fourth-order valence-corrected chi connectivity index (χ4v) is 3.14. The number of carboxylic acids is 1. The monoisotopic (exact) mass is 429 g/mol. The highest BCUT2D eigenvalue weighted by Crippen LogP contribution is 2.19. The molecule has 1 rings (SSSR count). The lowest BCUT2D eigenvalue weighted by atomic mass is 9.99. The molecule has 0 spiro atoms. The van der Waals surface area contributed by atoms with Gasteiger partial charge in [-0.05, 0) is 18.8 Å². The van der Waals surface area contributed by atoms with E-state index in [1.165, 1.54) is 4.90 Å². The normalized spacial score (nSPS) is 20.0. The van der Waals surface area contributed by atoms with Gasteiger partial charge in [-0.25, -0.2) is 4.79 Å². The van der Waals surface area contributed by atoms with Crippen molar-refractivity contribution in [1.82, 2.24) is 15.5 Å². The molecule has 0 radical (unpaired) electrons. The number of aliphatic carboxylic acids is 1. The van der Waals surface area contributed by atoms with Crippen molar-refractivity contribution < 1.29 is 34.2 Å². The summed E-state index contributed by atoms with van der Waals surface area (Å²) < 4.78 is 0. The first-order valence-corrected chi connectivity index (χ1v) is 9.82. The van der Waals surface area contributed by atoms with Gasteiger partial charge in [0.05, 0.1) is 19.1 Å². The molecule has 4 amide bonds. The zero-order valence-electron chi connectivity index (χ0n) is 17.2. The molecule has 12 nitrogen and oxygen atoms in total. The fraction of sp³-hybridized carbons (Fsp3) is 0.722. The summed E-state index contributed by atoms with van der Waals surface area (Å²) in [6, 6.07) is -4.67. The number of primary amides is 1. The summed E-state index contributed by atoms with van der Waals surface area (Å²) in [7, 11) is 0. The van der Waals surface area contributed by atoms with Gasteiger partial charge in [0.25, 0.3) is 0 Å². The molecule has 12 heteroatoms. The van der Waals surface area contributed by atoms with Crippen LogP contribution >= 0.6 is 0 Å². The van der Waals surface area contributed by atoms with Crippen molar-refractivity contribution in [1.29, 1.82) is 0 Å². The van der Waals surface area contributed by atoms with Gasteiger partial charge in [0, 0.05) is 6.54 Å². The van der Waals surface area contributed by atoms with Crippen molar-refractivity contribution in [3.8, 4) is 0 Å². The number of hydrogen-bond acceptors (Lipinski definition) is 7. The van der Waals surface area contributed by atoms with Crippen LogP contribution in [0.2, 0.25) is 0 Å². The van der Waals surface area contributed by atoms with Gasteiger partial charge in [0.2, 0.25) is 23.6 Å². The first-order valence-electron chi connectivity index (χ1n) is 9.82.